The van der Waals surface area contributed by atoms with Gasteiger partial charge in [-0.1, -0.05) is 25.9 Å². The molecule has 1 heterocycles. The lowest BCUT2D eigenvalue weighted by Crippen LogP contribution is -3.06. The maximum absolute atomic E-state index is 13.5. The minimum Gasteiger partial charge on any atom is -0.411 e. The Labute approximate surface area is 152 Å². The highest BCUT2D eigenvalue weighted by atomic mass is 16.4. The SMILES string of the molecule is CC1(C)CC(NC(=O)[C@]23CC[C@](C)(/C(=N\O)C2)C3(C)C)CC(C)(C)[NH2+]1. The predicted octanol–water partition coefficient (Wildman–Crippen LogP) is 2.43. The molecule has 3 rings (SSSR count). The van der Waals surface area contributed by atoms with Crippen molar-refractivity contribution >= 4 is 11.6 Å². The van der Waals surface area contributed by atoms with Gasteiger partial charge in [0.05, 0.1) is 22.2 Å². The molecule has 5 heteroatoms. The number of carbonyl (C=O) groups excluding carboxylic acids is 1. The van der Waals surface area contributed by atoms with E-state index in [1.54, 1.807) is 0 Å². The van der Waals surface area contributed by atoms with E-state index < -0.39 is 5.41 Å². The maximum Gasteiger partial charge on any atom is 0.227 e. The van der Waals surface area contributed by atoms with Crippen LogP contribution < -0.4 is 10.6 Å². The second-order valence-corrected chi connectivity index (χ2v) is 11.0. The van der Waals surface area contributed by atoms with Crippen LogP contribution in [0.5, 0.6) is 0 Å². The summed E-state index contributed by atoms with van der Waals surface area (Å²) in [5.74, 6) is 0.165. The zero-order chi connectivity index (χ0) is 18.9. The number of hydrogen-bond acceptors (Lipinski definition) is 3. The zero-order valence-corrected chi connectivity index (χ0v) is 17.0. The molecule has 2 bridgehead atoms. The van der Waals surface area contributed by atoms with Crippen LogP contribution in [0.4, 0.5) is 0 Å². The first-order valence-corrected chi connectivity index (χ1v) is 9.68. The van der Waals surface area contributed by atoms with E-state index in [1.165, 1.54) is 0 Å². The molecule has 1 amide bonds. The highest BCUT2D eigenvalue weighted by molar-refractivity contribution is 6.02. The van der Waals surface area contributed by atoms with Crippen LogP contribution in [0.3, 0.4) is 0 Å². The van der Waals surface area contributed by atoms with Gasteiger partial charge in [-0.25, -0.2) is 0 Å². The molecule has 2 saturated carbocycles. The highest BCUT2D eigenvalue weighted by Crippen LogP contribution is 2.70. The van der Waals surface area contributed by atoms with Gasteiger partial charge in [-0.3, -0.25) is 4.79 Å². The molecule has 3 fully saturated rings. The molecule has 2 atom stereocenters. The number of carbonyl (C=O) groups is 1. The molecular weight excluding hydrogens is 314 g/mol. The standard InChI is InChI=1S/C20H35N3O2/c1-16(2)10-13(11-17(3,4)23-16)21-15(24)20-9-8-19(7,18(20,5)6)14(12-20)22-25/h13,23,25H,8-12H2,1-7H3,(H,21,24)/p+1/b22-14-/t19-,20+/m1/s1. The van der Waals surface area contributed by atoms with E-state index in [1.807, 2.05) is 0 Å². The number of nitrogens with zero attached hydrogens (tertiary/aromatic N) is 1. The average molecular weight is 351 g/mol. The second-order valence-electron chi connectivity index (χ2n) is 11.0. The molecule has 0 unspecified atom stereocenters. The van der Waals surface area contributed by atoms with Gasteiger partial charge in [0.15, 0.2) is 0 Å². The number of hydrogen-bond donors (Lipinski definition) is 3. The molecule has 0 radical (unpaired) electrons. The monoisotopic (exact) mass is 350 g/mol. The summed E-state index contributed by atoms with van der Waals surface area (Å²) in [6, 6.07) is 0.203. The Morgan fingerprint density at radius 1 is 1.08 bits per heavy atom. The van der Waals surface area contributed by atoms with Crippen LogP contribution in [0.15, 0.2) is 5.16 Å². The highest BCUT2D eigenvalue weighted by Gasteiger charge is 2.71. The van der Waals surface area contributed by atoms with Gasteiger partial charge in [0.2, 0.25) is 5.91 Å². The number of nitrogens with one attached hydrogen (secondary N) is 1. The molecule has 0 aromatic heterocycles. The van der Waals surface area contributed by atoms with Gasteiger partial charge in [0.25, 0.3) is 0 Å². The van der Waals surface area contributed by atoms with Crippen molar-refractivity contribution in [1.82, 2.24) is 5.32 Å². The van der Waals surface area contributed by atoms with Crippen LogP contribution in [0.25, 0.3) is 0 Å². The number of oxime groups is 1. The summed E-state index contributed by atoms with van der Waals surface area (Å²) < 4.78 is 0. The molecule has 0 spiro atoms. The third kappa shape index (κ3) is 2.53. The lowest BCUT2D eigenvalue weighted by atomic mass is 9.64. The van der Waals surface area contributed by atoms with Crippen molar-refractivity contribution in [2.45, 2.75) is 97.7 Å². The molecule has 1 saturated heterocycles. The van der Waals surface area contributed by atoms with Gasteiger partial charge < -0.3 is 15.8 Å². The summed E-state index contributed by atoms with van der Waals surface area (Å²) in [4.78, 5) is 13.5. The molecule has 0 aromatic rings. The summed E-state index contributed by atoms with van der Waals surface area (Å²) in [7, 11) is 0. The number of fused-ring (bicyclic) bond motifs is 2. The second kappa shape index (κ2) is 5.21. The van der Waals surface area contributed by atoms with Gasteiger partial charge in [-0.05, 0) is 46.0 Å². The van der Waals surface area contributed by atoms with Crippen molar-refractivity contribution in [2.75, 3.05) is 0 Å². The van der Waals surface area contributed by atoms with E-state index in [2.05, 4.69) is 64.3 Å². The maximum atomic E-state index is 13.5. The van der Waals surface area contributed by atoms with E-state index >= 15 is 0 Å². The van der Waals surface area contributed by atoms with Gasteiger partial charge >= 0.3 is 0 Å². The minimum absolute atomic E-state index is 0.129. The molecule has 5 nitrogen and oxygen atoms in total. The normalized spacial score (nSPS) is 40.4. The van der Waals surface area contributed by atoms with Gasteiger partial charge in [0.1, 0.15) is 0 Å². The zero-order valence-electron chi connectivity index (χ0n) is 17.0. The van der Waals surface area contributed by atoms with E-state index in [0.717, 1.165) is 31.4 Å². The van der Waals surface area contributed by atoms with Crippen molar-refractivity contribution in [2.24, 2.45) is 21.4 Å². The molecule has 142 valence electrons. The van der Waals surface area contributed by atoms with Crippen LogP contribution in [0.1, 0.15) is 80.6 Å². The van der Waals surface area contributed by atoms with Crippen molar-refractivity contribution in [3.63, 3.8) is 0 Å². The van der Waals surface area contributed by atoms with Crippen molar-refractivity contribution in [1.29, 1.82) is 0 Å². The van der Waals surface area contributed by atoms with E-state index in [9.17, 15) is 10.0 Å². The fourth-order valence-electron chi connectivity index (χ4n) is 6.48. The summed E-state index contributed by atoms with van der Waals surface area (Å²) >= 11 is 0. The number of piperidine rings is 1. The van der Waals surface area contributed by atoms with Crippen LogP contribution in [0.2, 0.25) is 0 Å². The number of quaternary nitrogens is 1. The first-order chi connectivity index (χ1) is 11.3. The van der Waals surface area contributed by atoms with Crippen LogP contribution in [0, 0.1) is 16.2 Å². The molecular formula is C20H36N3O2+. The van der Waals surface area contributed by atoms with Crippen LogP contribution in [-0.2, 0) is 4.79 Å². The van der Waals surface area contributed by atoms with Gasteiger partial charge in [0, 0.05) is 30.7 Å². The Hall–Kier alpha value is -1.10. The lowest BCUT2D eigenvalue weighted by Gasteiger charge is -2.45. The lowest BCUT2D eigenvalue weighted by molar-refractivity contribution is -0.788. The van der Waals surface area contributed by atoms with Crippen molar-refractivity contribution in [3.05, 3.63) is 0 Å². The Morgan fingerprint density at radius 3 is 2.12 bits per heavy atom. The first-order valence-electron chi connectivity index (χ1n) is 9.68. The van der Waals surface area contributed by atoms with Gasteiger partial charge in [-0.15, -0.1) is 0 Å². The molecule has 4 N–H and O–H groups in total. The van der Waals surface area contributed by atoms with Crippen molar-refractivity contribution in [3.8, 4) is 0 Å². The van der Waals surface area contributed by atoms with Gasteiger partial charge in [-0.2, -0.15) is 0 Å². The Morgan fingerprint density at radius 2 is 1.64 bits per heavy atom. The smallest absolute Gasteiger partial charge is 0.227 e. The molecule has 0 aromatic carbocycles. The Bertz CT molecular complexity index is 606. The average Bonchev–Trinajstić information content (AvgIpc) is 2.73. The van der Waals surface area contributed by atoms with E-state index in [4.69, 9.17) is 0 Å². The summed E-state index contributed by atoms with van der Waals surface area (Å²) in [5.41, 5.74) is 0.236. The van der Waals surface area contributed by atoms with Crippen LogP contribution in [-0.4, -0.2) is 33.9 Å². The molecule has 25 heavy (non-hydrogen) atoms. The third-order valence-electron chi connectivity index (χ3n) is 7.95. The fourth-order valence-corrected chi connectivity index (χ4v) is 6.48. The quantitative estimate of drug-likeness (QED) is 0.528. The van der Waals surface area contributed by atoms with Crippen LogP contribution >= 0.6 is 0 Å². The minimum atomic E-state index is -0.446. The third-order valence-corrected chi connectivity index (χ3v) is 7.95. The molecule has 1 aliphatic heterocycles. The first kappa shape index (κ1) is 18.7. The number of nitrogens with two attached hydrogens (primary N) is 1. The van der Waals surface area contributed by atoms with E-state index in [0.29, 0.717) is 6.42 Å². The summed E-state index contributed by atoms with van der Waals surface area (Å²) in [6.45, 7) is 15.6. The Kier molecular flexibility index (Phi) is 3.90. The predicted molar refractivity (Wildman–Crippen MR) is 98.6 cm³/mol. The molecule has 2 aliphatic carbocycles. The number of amides is 1. The largest absolute Gasteiger partial charge is 0.411 e. The Balaban J connectivity index is 1.85. The van der Waals surface area contributed by atoms with E-state index in [-0.39, 0.29) is 33.9 Å². The van der Waals surface area contributed by atoms with Crippen molar-refractivity contribution < 1.29 is 15.3 Å². The number of rotatable bonds is 2. The molecule has 3 aliphatic rings. The fraction of sp³-hybridized carbons (Fsp3) is 0.900. The summed E-state index contributed by atoms with van der Waals surface area (Å²) in [6.07, 6.45) is 4.35. The topological polar surface area (TPSA) is 78.3 Å². The summed E-state index contributed by atoms with van der Waals surface area (Å²) in [5, 5.41) is 18.9.